The lowest BCUT2D eigenvalue weighted by atomic mass is 10.2. The fourth-order valence-corrected chi connectivity index (χ4v) is 2.02. The topological polar surface area (TPSA) is 72.3 Å². The quantitative estimate of drug-likeness (QED) is 0.786. The fourth-order valence-electron chi connectivity index (χ4n) is 2.02. The molecule has 2 aromatic rings. The van der Waals surface area contributed by atoms with Crippen molar-refractivity contribution < 1.29 is 9.53 Å². The Labute approximate surface area is 148 Å². The molecule has 0 saturated heterocycles. The largest absolute Gasteiger partial charge is 0.477 e. The van der Waals surface area contributed by atoms with Crippen LogP contribution < -0.4 is 10.1 Å². The molecule has 0 saturated carbocycles. The Morgan fingerprint density at radius 2 is 2.24 bits per heavy atom. The number of anilines is 1. The van der Waals surface area contributed by atoms with E-state index in [0.717, 1.165) is 5.56 Å². The number of rotatable bonds is 7. The number of carbonyl (C=O) groups is 1. The summed E-state index contributed by atoms with van der Waals surface area (Å²) in [7, 11) is 1.71. The van der Waals surface area contributed by atoms with Gasteiger partial charge < -0.3 is 15.0 Å². The molecule has 0 atom stereocenters. The van der Waals surface area contributed by atoms with Crippen molar-refractivity contribution in [3.8, 4) is 18.2 Å². The molecular weight excluding hydrogens is 318 g/mol. The molecule has 0 spiro atoms. The maximum absolute atomic E-state index is 12.2. The van der Waals surface area contributed by atoms with Gasteiger partial charge in [0, 0.05) is 24.9 Å². The first kappa shape index (κ1) is 18.3. The zero-order valence-corrected chi connectivity index (χ0v) is 14.8. The molecule has 0 aliphatic rings. The number of hydrogen-bond donors (Lipinski definition) is 1. The van der Waals surface area contributed by atoms with Crippen LogP contribution in [0.4, 0.5) is 10.5 Å². The van der Waals surface area contributed by atoms with Crippen LogP contribution in [0.2, 0.25) is 0 Å². The number of aromatic nitrogens is 3. The van der Waals surface area contributed by atoms with E-state index in [9.17, 15) is 4.79 Å². The first-order valence-corrected chi connectivity index (χ1v) is 8.03. The molecule has 2 rings (SSSR count). The van der Waals surface area contributed by atoms with Gasteiger partial charge in [-0.05, 0) is 12.0 Å². The van der Waals surface area contributed by atoms with Crippen LogP contribution in [0.15, 0.2) is 30.7 Å². The zero-order valence-electron chi connectivity index (χ0n) is 14.8. The summed E-state index contributed by atoms with van der Waals surface area (Å²) in [4.78, 5) is 18.0. The van der Waals surface area contributed by atoms with E-state index >= 15 is 0 Å². The van der Waals surface area contributed by atoms with Crippen LogP contribution >= 0.6 is 0 Å². The summed E-state index contributed by atoms with van der Waals surface area (Å²) in [5.74, 6) is 3.49. The van der Waals surface area contributed by atoms with Gasteiger partial charge >= 0.3 is 6.03 Å². The standard InChI is InChI=1S/C18H23N5O2/c1-5-8-23-12-15(9-20-23)11-22(4)18(24)21-16-6-7-17(19-10-16)25-13-14(2)3/h1,6-7,9-10,12,14H,8,11,13H2,2-4H3,(H,21,24). The zero-order chi connectivity index (χ0) is 18.2. The average molecular weight is 341 g/mol. The van der Waals surface area contributed by atoms with Crippen molar-refractivity contribution in [2.75, 3.05) is 19.0 Å². The number of pyridine rings is 1. The van der Waals surface area contributed by atoms with E-state index < -0.39 is 0 Å². The van der Waals surface area contributed by atoms with Gasteiger partial charge in [-0.1, -0.05) is 19.8 Å². The molecule has 7 heteroatoms. The second-order valence-corrected chi connectivity index (χ2v) is 6.13. The molecule has 0 aliphatic carbocycles. The van der Waals surface area contributed by atoms with Crippen LogP contribution in [0, 0.1) is 18.3 Å². The van der Waals surface area contributed by atoms with Gasteiger partial charge in [0.15, 0.2) is 0 Å². The van der Waals surface area contributed by atoms with E-state index in [1.807, 2.05) is 6.20 Å². The Morgan fingerprint density at radius 1 is 1.44 bits per heavy atom. The van der Waals surface area contributed by atoms with Gasteiger partial charge in [-0.3, -0.25) is 4.68 Å². The minimum absolute atomic E-state index is 0.234. The highest BCUT2D eigenvalue weighted by atomic mass is 16.5. The first-order valence-electron chi connectivity index (χ1n) is 8.03. The Kier molecular flexibility index (Phi) is 6.40. The lowest BCUT2D eigenvalue weighted by Crippen LogP contribution is -2.30. The smallest absolute Gasteiger partial charge is 0.321 e. The van der Waals surface area contributed by atoms with Crippen LogP contribution in [0.3, 0.4) is 0 Å². The van der Waals surface area contributed by atoms with Crippen LogP contribution in [0.25, 0.3) is 0 Å². The Bertz CT molecular complexity index is 731. The van der Waals surface area contributed by atoms with Gasteiger partial charge in [0.2, 0.25) is 5.88 Å². The minimum Gasteiger partial charge on any atom is -0.477 e. The van der Waals surface area contributed by atoms with Crippen LogP contribution in [0.5, 0.6) is 5.88 Å². The third kappa shape index (κ3) is 5.84. The summed E-state index contributed by atoms with van der Waals surface area (Å²) in [5, 5.41) is 6.93. The number of urea groups is 1. The summed E-state index contributed by atoms with van der Waals surface area (Å²) in [5.41, 5.74) is 1.51. The second kappa shape index (κ2) is 8.73. The van der Waals surface area contributed by atoms with Crippen molar-refractivity contribution in [3.05, 3.63) is 36.3 Å². The van der Waals surface area contributed by atoms with Crippen molar-refractivity contribution >= 4 is 11.7 Å². The van der Waals surface area contributed by atoms with Gasteiger partial charge in [0.1, 0.15) is 6.54 Å². The summed E-state index contributed by atoms with van der Waals surface area (Å²) in [6.07, 6.45) is 10.3. The highest BCUT2D eigenvalue weighted by Crippen LogP contribution is 2.13. The van der Waals surface area contributed by atoms with Gasteiger partial charge in [-0.15, -0.1) is 6.42 Å². The minimum atomic E-state index is -0.234. The molecule has 2 heterocycles. The number of terminal acetylenes is 1. The average Bonchev–Trinajstić information content (AvgIpc) is 3.01. The van der Waals surface area contributed by atoms with E-state index in [0.29, 0.717) is 37.2 Å². The molecule has 25 heavy (non-hydrogen) atoms. The number of amides is 2. The third-order valence-electron chi connectivity index (χ3n) is 3.26. The lowest BCUT2D eigenvalue weighted by molar-refractivity contribution is 0.220. The van der Waals surface area contributed by atoms with E-state index in [1.54, 1.807) is 41.2 Å². The molecule has 2 aromatic heterocycles. The van der Waals surface area contributed by atoms with Crippen molar-refractivity contribution in [1.82, 2.24) is 19.7 Å². The van der Waals surface area contributed by atoms with Gasteiger partial charge in [0.25, 0.3) is 0 Å². The normalized spacial score (nSPS) is 10.4. The summed E-state index contributed by atoms with van der Waals surface area (Å²) in [6.45, 7) is 5.59. The summed E-state index contributed by atoms with van der Waals surface area (Å²) < 4.78 is 7.17. The molecule has 0 unspecified atom stereocenters. The van der Waals surface area contributed by atoms with Gasteiger partial charge in [-0.2, -0.15) is 5.10 Å². The second-order valence-electron chi connectivity index (χ2n) is 6.13. The lowest BCUT2D eigenvalue weighted by Gasteiger charge is -2.17. The Balaban J connectivity index is 1.86. The van der Waals surface area contributed by atoms with Crippen molar-refractivity contribution in [2.24, 2.45) is 5.92 Å². The number of carbonyl (C=O) groups excluding carboxylic acids is 1. The predicted octanol–water partition coefficient (Wildman–Crippen LogP) is 2.61. The molecule has 7 nitrogen and oxygen atoms in total. The predicted molar refractivity (Wildman–Crippen MR) is 96.1 cm³/mol. The van der Waals surface area contributed by atoms with E-state index in [-0.39, 0.29) is 6.03 Å². The van der Waals surface area contributed by atoms with E-state index in [4.69, 9.17) is 11.2 Å². The third-order valence-corrected chi connectivity index (χ3v) is 3.26. The maximum Gasteiger partial charge on any atom is 0.321 e. The highest BCUT2D eigenvalue weighted by molar-refractivity contribution is 5.88. The monoisotopic (exact) mass is 341 g/mol. The first-order chi connectivity index (χ1) is 12.0. The highest BCUT2D eigenvalue weighted by Gasteiger charge is 2.11. The molecule has 0 aromatic carbocycles. The van der Waals surface area contributed by atoms with E-state index in [2.05, 4.69) is 35.2 Å². The molecule has 0 aliphatic heterocycles. The maximum atomic E-state index is 12.2. The molecule has 0 fully saturated rings. The molecule has 0 bridgehead atoms. The van der Waals surface area contributed by atoms with Crippen molar-refractivity contribution in [2.45, 2.75) is 26.9 Å². The van der Waals surface area contributed by atoms with Crippen LogP contribution in [-0.4, -0.2) is 39.4 Å². The fraction of sp³-hybridized carbons (Fsp3) is 0.389. The van der Waals surface area contributed by atoms with Crippen LogP contribution in [-0.2, 0) is 13.1 Å². The molecule has 1 N–H and O–H groups in total. The number of hydrogen-bond acceptors (Lipinski definition) is 4. The molecule has 2 amide bonds. The van der Waals surface area contributed by atoms with Crippen LogP contribution in [0.1, 0.15) is 19.4 Å². The molecule has 0 radical (unpaired) electrons. The van der Waals surface area contributed by atoms with Gasteiger partial charge in [0.05, 0.1) is 31.2 Å². The van der Waals surface area contributed by atoms with E-state index in [1.165, 1.54) is 0 Å². The van der Waals surface area contributed by atoms with Crippen molar-refractivity contribution in [1.29, 1.82) is 0 Å². The molecular formula is C18H23N5O2. The SMILES string of the molecule is C#CCn1cc(CN(C)C(=O)Nc2ccc(OCC(C)C)nc2)cn1. The number of nitrogens with zero attached hydrogens (tertiary/aromatic N) is 4. The summed E-state index contributed by atoms with van der Waals surface area (Å²) >= 11 is 0. The Hall–Kier alpha value is -3.01. The number of nitrogens with one attached hydrogen (secondary N) is 1. The number of ether oxygens (including phenoxy) is 1. The van der Waals surface area contributed by atoms with Gasteiger partial charge in [-0.25, -0.2) is 9.78 Å². The summed E-state index contributed by atoms with van der Waals surface area (Å²) in [6, 6.07) is 3.27. The molecule has 132 valence electrons. The Morgan fingerprint density at radius 3 is 2.88 bits per heavy atom. The van der Waals surface area contributed by atoms with Crippen molar-refractivity contribution in [3.63, 3.8) is 0 Å².